The summed E-state index contributed by atoms with van der Waals surface area (Å²) in [5, 5.41) is 9.99. The highest BCUT2D eigenvalue weighted by Crippen LogP contribution is 2.21. The van der Waals surface area contributed by atoms with Gasteiger partial charge in [0.1, 0.15) is 0 Å². The van der Waals surface area contributed by atoms with E-state index in [1.165, 1.54) is 7.05 Å². The molecule has 0 unspecified atom stereocenters. The first-order valence-electron chi connectivity index (χ1n) is 7.64. The van der Waals surface area contributed by atoms with Gasteiger partial charge in [0.2, 0.25) is 0 Å². The minimum Gasteiger partial charge on any atom is -0.267 e. The summed E-state index contributed by atoms with van der Waals surface area (Å²) in [4.78, 5) is 24.7. The summed E-state index contributed by atoms with van der Waals surface area (Å²) in [5.41, 5.74) is 3.38. The summed E-state index contributed by atoms with van der Waals surface area (Å²) < 4.78 is 1.13. The third kappa shape index (κ3) is 3.47. The van der Waals surface area contributed by atoms with Gasteiger partial charge in [0.25, 0.3) is 11.5 Å². The van der Waals surface area contributed by atoms with E-state index >= 15 is 0 Å². The number of hydrogen-bond acceptors (Lipinski definition) is 4. The van der Waals surface area contributed by atoms with E-state index in [4.69, 9.17) is 23.2 Å². The molecule has 1 aromatic heterocycles. The molecule has 1 heterocycles. The van der Waals surface area contributed by atoms with Crippen LogP contribution in [0.25, 0.3) is 10.8 Å². The highest BCUT2D eigenvalue weighted by Gasteiger charge is 2.15. The SMILES string of the molecule is C/C(=N/NC(=O)c1nn(C)c(=O)c2ccccc12)c1cc(Cl)ccc1Cl. The number of nitrogens with zero attached hydrogens (tertiary/aromatic N) is 3. The zero-order chi connectivity index (χ0) is 18.8. The molecule has 0 spiro atoms. The van der Waals surface area contributed by atoms with Crippen molar-refractivity contribution >= 4 is 45.6 Å². The Bertz CT molecular complexity index is 1110. The number of aromatic nitrogens is 2. The van der Waals surface area contributed by atoms with E-state index in [0.717, 1.165) is 4.68 Å². The Balaban J connectivity index is 1.96. The number of carbonyl (C=O) groups is 1. The van der Waals surface area contributed by atoms with Crippen LogP contribution in [0.1, 0.15) is 23.0 Å². The maximum Gasteiger partial charge on any atom is 0.292 e. The number of nitrogens with one attached hydrogen (secondary N) is 1. The molecule has 0 bridgehead atoms. The number of hydrogen-bond donors (Lipinski definition) is 1. The molecule has 0 saturated heterocycles. The van der Waals surface area contributed by atoms with Crippen LogP contribution in [-0.2, 0) is 7.05 Å². The molecule has 1 amide bonds. The third-order valence-corrected chi connectivity index (χ3v) is 4.38. The number of halogens is 2. The summed E-state index contributed by atoms with van der Waals surface area (Å²) in [7, 11) is 1.49. The van der Waals surface area contributed by atoms with E-state index in [2.05, 4.69) is 15.6 Å². The second-order valence-corrected chi connectivity index (χ2v) is 6.43. The topological polar surface area (TPSA) is 76.3 Å². The van der Waals surface area contributed by atoms with Crippen molar-refractivity contribution in [2.75, 3.05) is 0 Å². The fourth-order valence-electron chi connectivity index (χ4n) is 2.49. The van der Waals surface area contributed by atoms with Gasteiger partial charge in [0, 0.05) is 28.0 Å². The minimum atomic E-state index is -0.533. The largest absolute Gasteiger partial charge is 0.292 e. The van der Waals surface area contributed by atoms with E-state index < -0.39 is 5.91 Å². The fraction of sp³-hybridized carbons (Fsp3) is 0.111. The van der Waals surface area contributed by atoms with Crippen LogP contribution in [0.15, 0.2) is 52.4 Å². The van der Waals surface area contributed by atoms with Gasteiger partial charge in [0.15, 0.2) is 5.69 Å². The van der Waals surface area contributed by atoms with Crippen LogP contribution >= 0.6 is 23.2 Å². The Morgan fingerprint density at radius 1 is 1.15 bits per heavy atom. The highest BCUT2D eigenvalue weighted by molar-refractivity contribution is 6.36. The van der Waals surface area contributed by atoms with Gasteiger partial charge in [0.05, 0.1) is 11.1 Å². The minimum absolute atomic E-state index is 0.108. The molecule has 0 atom stereocenters. The van der Waals surface area contributed by atoms with Crippen molar-refractivity contribution < 1.29 is 4.79 Å². The number of fused-ring (bicyclic) bond motifs is 1. The van der Waals surface area contributed by atoms with Crippen LogP contribution < -0.4 is 11.0 Å². The van der Waals surface area contributed by atoms with Crippen LogP contribution in [0.5, 0.6) is 0 Å². The maximum absolute atomic E-state index is 12.6. The molecule has 0 fully saturated rings. The Morgan fingerprint density at radius 2 is 1.85 bits per heavy atom. The molecule has 8 heteroatoms. The molecule has 0 aliphatic heterocycles. The lowest BCUT2D eigenvalue weighted by Gasteiger charge is -2.08. The van der Waals surface area contributed by atoms with Gasteiger partial charge in [-0.05, 0) is 31.2 Å². The smallest absolute Gasteiger partial charge is 0.267 e. The van der Waals surface area contributed by atoms with Crippen LogP contribution in [-0.4, -0.2) is 21.4 Å². The predicted molar refractivity (Wildman–Crippen MR) is 103 cm³/mol. The highest BCUT2D eigenvalue weighted by atomic mass is 35.5. The summed E-state index contributed by atoms with van der Waals surface area (Å²) in [6.07, 6.45) is 0. The van der Waals surface area contributed by atoms with E-state index in [0.29, 0.717) is 32.1 Å². The molecule has 132 valence electrons. The van der Waals surface area contributed by atoms with Gasteiger partial charge in [-0.1, -0.05) is 41.4 Å². The number of aryl methyl sites for hydroxylation is 1. The van der Waals surface area contributed by atoms with Gasteiger partial charge in [-0.15, -0.1) is 0 Å². The Kier molecular flexibility index (Phi) is 5.06. The van der Waals surface area contributed by atoms with Crippen molar-refractivity contribution in [3.05, 3.63) is 74.1 Å². The van der Waals surface area contributed by atoms with Crippen molar-refractivity contribution in [2.45, 2.75) is 6.92 Å². The third-order valence-electron chi connectivity index (χ3n) is 3.81. The second kappa shape index (κ2) is 7.27. The van der Waals surface area contributed by atoms with Crippen molar-refractivity contribution in [3.63, 3.8) is 0 Å². The Labute approximate surface area is 159 Å². The zero-order valence-electron chi connectivity index (χ0n) is 14.0. The monoisotopic (exact) mass is 388 g/mol. The number of hydrazone groups is 1. The van der Waals surface area contributed by atoms with Crippen molar-refractivity contribution in [3.8, 4) is 0 Å². The van der Waals surface area contributed by atoms with Crippen LogP contribution in [0, 0.1) is 0 Å². The summed E-state index contributed by atoms with van der Waals surface area (Å²) in [6.45, 7) is 1.70. The van der Waals surface area contributed by atoms with Crippen LogP contribution in [0.3, 0.4) is 0 Å². The Hall–Kier alpha value is -2.70. The molecule has 2 aromatic carbocycles. The second-order valence-electron chi connectivity index (χ2n) is 5.59. The molecular formula is C18H14Cl2N4O2. The number of carbonyl (C=O) groups excluding carboxylic acids is 1. The lowest BCUT2D eigenvalue weighted by Crippen LogP contribution is -2.27. The zero-order valence-corrected chi connectivity index (χ0v) is 15.5. The van der Waals surface area contributed by atoms with E-state index in [1.807, 2.05) is 0 Å². The lowest BCUT2D eigenvalue weighted by molar-refractivity contribution is 0.0949. The summed E-state index contributed by atoms with van der Waals surface area (Å²) in [5.74, 6) is -0.533. The molecule has 0 aliphatic rings. The average molecular weight is 389 g/mol. The number of benzene rings is 2. The Morgan fingerprint density at radius 3 is 2.58 bits per heavy atom. The van der Waals surface area contributed by atoms with Gasteiger partial charge < -0.3 is 0 Å². The first-order chi connectivity index (χ1) is 12.4. The molecule has 0 radical (unpaired) electrons. The lowest BCUT2D eigenvalue weighted by atomic mass is 10.1. The van der Waals surface area contributed by atoms with Crippen LogP contribution in [0.2, 0.25) is 10.0 Å². The molecule has 3 aromatic rings. The van der Waals surface area contributed by atoms with Crippen molar-refractivity contribution in [1.82, 2.24) is 15.2 Å². The average Bonchev–Trinajstić information content (AvgIpc) is 2.64. The van der Waals surface area contributed by atoms with Crippen molar-refractivity contribution in [2.24, 2.45) is 12.1 Å². The van der Waals surface area contributed by atoms with Gasteiger partial charge in [-0.3, -0.25) is 9.59 Å². The fourth-order valence-corrected chi connectivity index (χ4v) is 2.92. The molecule has 0 aliphatic carbocycles. The molecule has 3 rings (SSSR count). The van der Waals surface area contributed by atoms with Gasteiger partial charge >= 0.3 is 0 Å². The quantitative estimate of drug-likeness (QED) is 0.551. The van der Waals surface area contributed by atoms with Gasteiger partial charge in [-0.25, -0.2) is 10.1 Å². The first kappa shape index (κ1) is 18.1. The molecule has 26 heavy (non-hydrogen) atoms. The maximum atomic E-state index is 12.6. The number of rotatable bonds is 3. The van der Waals surface area contributed by atoms with Crippen LogP contribution in [0.4, 0.5) is 0 Å². The molecule has 6 nitrogen and oxygen atoms in total. The van der Waals surface area contributed by atoms with Gasteiger partial charge in [-0.2, -0.15) is 10.2 Å². The summed E-state index contributed by atoms with van der Waals surface area (Å²) >= 11 is 12.1. The molecule has 1 N–H and O–H groups in total. The molecule has 0 saturated carbocycles. The standard InChI is InChI=1S/C18H14Cl2N4O2/c1-10(14-9-11(19)7-8-15(14)20)21-22-17(25)16-12-5-3-4-6-13(12)18(26)24(2)23-16/h3-9H,1-2H3,(H,22,25)/b21-10-. The summed E-state index contributed by atoms with van der Waals surface area (Å²) in [6, 6.07) is 11.8. The number of amides is 1. The first-order valence-corrected chi connectivity index (χ1v) is 8.40. The predicted octanol–water partition coefficient (Wildman–Crippen LogP) is 3.39. The van der Waals surface area contributed by atoms with E-state index in [9.17, 15) is 9.59 Å². The van der Waals surface area contributed by atoms with E-state index in [-0.39, 0.29) is 11.3 Å². The molecular weight excluding hydrogens is 375 g/mol. The van der Waals surface area contributed by atoms with Crippen molar-refractivity contribution in [1.29, 1.82) is 0 Å². The normalized spacial score (nSPS) is 11.6. The van der Waals surface area contributed by atoms with E-state index in [1.54, 1.807) is 49.4 Å².